The first-order chi connectivity index (χ1) is 38.7. The molecule has 0 saturated heterocycles. The predicted molar refractivity (Wildman–Crippen MR) is 313 cm³/mol. The van der Waals surface area contributed by atoms with Gasteiger partial charge in [0, 0.05) is 39.1 Å². The third-order valence-corrected chi connectivity index (χ3v) is 17.9. The largest absolute Gasteiger partial charge is 0.457 e. The number of anilines is 3. The highest BCUT2D eigenvalue weighted by atomic mass is 16.5. The summed E-state index contributed by atoms with van der Waals surface area (Å²) >= 11 is 0. The van der Waals surface area contributed by atoms with Gasteiger partial charge in [-0.2, -0.15) is 0 Å². The zero-order valence-electron chi connectivity index (χ0n) is 42.4. The minimum atomic E-state index is -0.757. The molecule has 0 fully saturated rings. The van der Waals surface area contributed by atoms with Crippen LogP contribution >= 0.6 is 0 Å². The van der Waals surface area contributed by atoms with Gasteiger partial charge in [0.1, 0.15) is 23.0 Å². The van der Waals surface area contributed by atoms with E-state index >= 15 is 0 Å². The molecule has 3 nitrogen and oxygen atoms in total. The first-order valence-electron chi connectivity index (χ1n) is 27.1. The molecule has 0 N–H and O–H groups in total. The molecule has 12 aromatic carbocycles. The molecule has 0 bridgehead atoms. The molecule has 5 aliphatic rings. The Labute approximate surface area is 453 Å². The van der Waals surface area contributed by atoms with Gasteiger partial charge in [0.05, 0.1) is 27.6 Å². The Kier molecular flexibility index (Phi) is 8.90. The molecule has 0 amide bonds. The van der Waals surface area contributed by atoms with E-state index in [2.05, 4.69) is 290 Å². The average molecular weight is 994 g/mol. The molecule has 0 atom stereocenters. The van der Waals surface area contributed by atoms with E-state index < -0.39 is 16.2 Å². The average Bonchev–Trinajstić information content (AvgIpc) is 3.49. The Balaban J connectivity index is 1.03. The smallest absolute Gasteiger partial charge is 0.132 e. The molecule has 2 spiro atoms. The second kappa shape index (κ2) is 16.0. The van der Waals surface area contributed by atoms with Gasteiger partial charge < -0.3 is 14.4 Å². The summed E-state index contributed by atoms with van der Waals surface area (Å²) in [5.41, 5.74) is 22.9. The van der Waals surface area contributed by atoms with E-state index in [4.69, 9.17) is 9.47 Å². The Morgan fingerprint density at radius 2 is 0.628 bits per heavy atom. The lowest BCUT2D eigenvalue weighted by atomic mass is 9.65. The first kappa shape index (κ1) is 43.3. The van der Waals surface area contributed by atoms with Crippen LogP contribution in [0, 0.1) is 0 Å². The summed E-state index contributed by atoms with van der Waals surface area (Å²) in [6.07, 6.45) is 0. The number of fused-ring (bicyclic) bond motifs is 21. The van der Waals surface area contributed by atoms with Gasteiger partial charge in [-0.25, -0.2) is 0 Å². The summed E-state index contributed by atoms with van der Waals surface area (Å²) in [5.74, 6) is 3.46. The van der Waals surface area contributed by atoms with Crippen molar-refractivity contribution in [3.63, 3.8) is 0 Å². The number of hydrogen-bond donors (Lipinski definition) is 0. The van der Waals surface area contributed by atoms with E-state index in [9.17, 15) is 0 Å². The molecule has 17 rings (SSSR count). The molecule has 2 aliphatic heterocycles. The van der Waals surface area contributed by atoms with Crippen molar-refractivity contribution in [3.05, 3.63) is 352 Å². The zero-order chi connectivity index (χ0) is 51.2. The molecule has 78 heavy (non-hydrogen) atoms. The minimum Gasteiger partial charge on any atom is -0.457 e. The van der Waals surface area contributed by atoms with Crippen molar-refractivity contribution in [1.82, 2.24) is 0 Å². The van der Waals surface area contributed by atoms with Gasteiger partial charge in [-0.05, 0) is 115 Å². The highest BCUT2D eigenvalue weighted by Crippen LogP contribution is 2.68. The van der Waals surface area contributed by atoms with Crippen LogP contribution < -0.4 is 14.4 Å². The second-order valence-electron chi connectivity index (χ2n) is 21.3. The van der Waals surface area contributed by atoms with Crippen LogP contribution in [0.5, 0.6) is 23.0 Å². The molecule has 0 unspecified atom stereocenters. The Morgan fingerprint density at radius 3 is 1.19 bits per heavy atom. The van der Waals surface area contributed by atoms with E-state index in [0.29, 0.717) is 0 Å². The standard InChI is InChI=1S/C75H47NO2/c1-3-23-48(24-4-1)73(49-25-5-2-6-26-49)58-33-12-9-29-55(58)71-63(73)38-22-39-65(71)76(50-45-46-53-51-27-7-10-31-56(51)74(64(53)47-50)59-34-13-17-41-67(59)77-68-42-18-14-35-60(68)74)66-40-21-30-54-52-28-8-11-32-57(52)75(72(54)66)61-36-15-19-43-69(61)78-70-44-20-16-37-62(70)75/h1-47H. The topological polar surface area (TPSA) is 21.7 Å². The molecular weight excluding hydrogens is 947 g/mol. The number of benzene rings is 12. The molecule has 3 aliphatic carbocycles. The van der Waals surface area contributed by atoms with Crippen LogP contribution in [0.15, 0.2) is 285 Å². The van der Waals surface area contributed by atoms with Crippen LogP contribution in [0.25, 0.3) is 33.4 Å². The molecule has 12 aromatic rings. The molecule has 364 valence electrons. The highest BCUT2D eigenvalue weighted by Gasteiger charge is 2.55. The highest BCUT2D eigenvalue weighted by molar-refractivity contribution is 6.02. The van der Waals surface area contributed by atoms with E-state index in [1.54, 1.807) is 0 Å². The number of nitrogens with zero attached hydrogens (tertiary/aromatic N) is 1. The normalized spacial score (nSPS) is 14.9. The second-order valence-corrected chi connectivity index (χ2v) is 21.3. The van der Waals surface area contributed by atoms with Crippen LogP contribution in [0.3, 0.4) is 0 Å². The summed E-state index contributed by atoms with van der Waals surface area (Å²) in [6.45, 7) is 0. The van der Waals surface area contributed by atoms with Gasteiger partial charge in [0.25, 0.3) is 0 Å². The van der Waals surface area contributed by atoms with Gasteiger partial charge in [-0.3, -0.25) is 0 Å². The van der Waals surface area contributed by atoms with Gasteiger partial charge in [0.15, 0.2) is 0 Å². The third-order valence-electron chi connectivity index (χ3n) is 17.9. The zero-order valence-corrected chi connectivity index (χ0v) is 42.4. The predicted octanol–water partition coefficient (Wildman–Crippen LogP) is 18.5. The number of para-hydroxylation sites is 4. The Hall–Kier alpha value is -9.96. The Morgan fingerprint density at radius 1 is 0.244 bits per heavy atom. The Bertz CT molecular complexity index is 4350. The molecule has 3 heteroatoms. The lowest BCUT2D eigenvalue weighted by Gasteiger charge is -2.42. The summed E-state index contributed by atoms with van der Waals surface area (Å²) < 4.78 is 13.8. The van der Waals surface area contributed by atoms with E-state index in [1.807, 2.05) is 0 Å². The molecule has 0 aromatic heterocycles. The van der Waals surface area contributed by atoms with Crippen LogP contribution in [-0.4, -0.2) is 0 Å². The monoisotopic (exact) mass is 993 g/mol. The summed E-state index contributed by atoms with van der Waals surface area (Å²) in [6, 6.07) is 106. The van der Waals surface area contributed by atoms with Crippen molar-refractivity contribution in [2.75, 3.05) is 4.90 Å². The lowest BCUT2D eigenvalue weighted by molar-refractivity contribution is 0.436. The number of hydrogen-bond acceptors (Lipinski definition) is 3. The summed E-state index contributed by atoms with van der Waals surface area (Å²) in [4.78, 5) is 2.63. The van der Waals surface area contributed by atoms with Crippen molar-refractivity contribution in [3.8, 4) is 56.4 Å². The van der Waals surface area contributed by atoms with E-state index in [-0.39, 0.29) is 0 Å². The quantitative estimate of drug-likeness (QED) is 0.172. The fourth-order valence-corrected chi connectivity index (χ4v) is 15.1. The molecule has 2 heterocycles. The molecule has 0 radical (unpaired) electrons. The fourth-order valence-electron chi connectivity index (χ4n) is 15.1. The summed E-state index contributed by atoms with van der Waals surface area (Å²) in [5, 5.41) is 0. The maximum absolute atomic E-state index is 6.95. The first-order valence-corrected chi connectivity index (χ1v) is 27.1. The molecule has 0 saturated carbocycles. The molecular formula is C75H47NO2. The minimum absolute atomic E-state index is 0.621. The SMILES string of the molecule is c1ccc(C2(c3ccccc3)c3ccccc3-c3c(N(c4ccc5c(c4)C4(c6ccccc6Oc6ccccc64)c4ccccc4-5)c4cccc5c4C4(c6ccccc6Oc6ccccc64)c4ccccc4-5)cccc32)cc1. The van der Waals surface area contributed by atoms with E-state index in [1.165, 1.54) is 77.9 Å². The fraction of sp³-hybridized carbons (Fsp3) is 0.0400. The summed E-state index contributed by atoms with van der Waals surface area (Å²) in [7, 11) is 0. The van der Waals surface area contributed by atoms with E-state index in [0.717, 1.165) is 62.3 Å². The van der Waals surface area contributed by atoms with Gasteiger partial charge in [0.2, 0.25) is 0 Å². The van der Waals surface area contributed by atoms with Gasteiger partial charge >= 0.3 is 0 Å². The van der Waals surface area contributed by atoms with Crippen LogP contribution in [-0.2, 0) is 16.2 Å². The van der Waals surface area contributed by atoms with Crippen molar-refractivity contribution in [1.29, 1.82) is 0 Å². The third kappa shape index (κ3) is 5.37. The van der Waals surface area contributed by atoms with Crippen molar-refractivity contribution < 1.29 is 9.47 Å². The van der Waals surface area contributed by atoms with Gasteiger partial charge in [-0.1, -0.05) is 237 Å². The lowest BCUT2D eigenvalue weighted by Crippen LogP contribution is -2.34. The van der Waals surface area contributed by atoms with Crippen LogP contribution in [0.4, 0.5) is 17.1 Å². The van der Waals surface area contributed by atoms with Crippen LogP contribution in [0.2, 0.25) is 0 Å². The number of ether oxygens (including phenoxy) is 2. The van der Waals surface area contributed by atoms with Crippen LogP contribution in [0.1, 0.15) is 66.8 Å². The van der Waals surface area contributed by atoms with Crippen molar-refractivity contribution in [2.24, 2.45) is 0 Å². The van der Waals surface area contributed by atoms with Gasteiger partial charge in [-0.15, -0.1) is 0 Å². The maximum Gasteiger partial charge on any atom is 0.132 e. The maximum atomic E-state index is 6.95. The number of rotatable bonds is 5. The van der Waals surface area contributed by atoms with Crippen molar-refractivity contribution in [2.45, 2.75) is 16.2 Å². The van der Waals surface area contributed by atoms with Crippen molar-refractivity contribution >= 4 is 17.1 Å².